The number of benzene rings is 1. The number of rotatable bonds is 7. The molecule has 0 saturated heterocycles. The third kappa shape index (κ3) is 5.92. The molecule has 1 aromatic carbocycles. The van der Waals surface area contributed by atoms with Crippen LogP contribution in [0.2, 0.25) is 0 Å². The second-order valence-electron chi connectivity index (χ2n) is 6.56. The lowest BCUT2D eigenvalue weighted by molar-refractivity contribution is 0.112. The highest BCUT2D eigenvalue weighted by molar-refractivity contribution is 7.12. The molecule has 2 aromatic rings. The van der Waals surface area contributed by atoms with Crippen molar-refractivity contribution < 1.29 is 9.90 Å². The summed E-state index contributed by atoms with van der Waals surface area (Å²) >= 11 is 1.58. The first kappa shape index (κ1) is 23.6. The van der Waals surface area contributed by atoms with E-state index < -0.39 is 0 Å². The van der Waals surface area contributed by atoms with Gasteiger partial charge in [-0.05, 0) is 54.6 Å². The van der Waals surface area contributed by atoms with E-state index in [9.17, 15) is 4.79 Å². The molecular formula is C24H29N3O2S. The van der Waals surface area contributed by atoms with Crippen LogP contribution in [-0.4, -0.2) is 41.8 Å². The molecule has 0 spiro atoms. The van der Waals surface area contributed by atoms with Gasteiger partial charge in [-0.2, -0.15) is 0 Å². The summed E-state index contributed by atoms with van der Waals surface area (Å²) in [4.78, 5) is 11.5. The van der Waals surface area contributed by atoms with Crippen molar-refractivity contribution in [2.75, 3.05) is 20.2 Å². The minimum atomic E-state index is 0.738. The third-order valence-corrected chi connectivity index (χ3v) is 5.89. The second kappa shape index (κ2) is 12.1. The maximum absolute atomic E-state index is 11.5. The Bertz CT molecular complexity index is 971. The molecular weight excluding hydrogens is 394 g/mol. The lowest BCUT2D eigenvalue weighted by Gasteiger charge is -2.17. The van der Waals surface area contributed by atoms with Gasteiger partial charge in [0.1, 0.15) is 10.0 Å². The van der Waals surface area contributed by atoms with E-state index in [4.69, 9.17) is 5.11 Å². The molecule has 158 valence electrons. The fourth-order valence-electron chi connectivity index (χ4n) is 3.13. The van der Waals surface area contributed by atoms with Crippen molar-refractivity contribution in [1.29, 1.82) is 0 Å². The van der Waals surface area contributed by atoms with E-state index in [1.165, 1.54) is 5.57 Å². The van der Waals surface area contributed by atoms with Crippen molar-refractivity contribution in [3.8, 4) is 0 Å². The van der Waals surface area contributed by atoms with Gasteiger partial charge >= 0.3 is 0 Å². The quantitative estimate of drug-likeness (QED) is 0.504. The Balaban J connectivity index is 0.00000155. The number of carbonyl (C=O) groups excluding carboxylic acids is 1. The van der Waals surface area contributed by atoms with Gasteiger partial charge in [-0.25, -0.2) is 0 Å². The summed E-state index contributed by atoms with van der Waals surface area (Å²) in [6.07, 6.45) is 11.0. The predicted octanol–water partition coefficient (Wildman–Crippen LogP) is 4.57. The average molecular weight is 424 g/mol. The van der Waals surface area contributed by atoms with E-state index in [1.54, 1.807) is 11.3 Å². The summed E-state index contributed by atoms with van der Waals surface area (Å²) in [5, 5.41) is 20.5. The summed E-state index contributed by atoms with van der Waals surface area (Å²) in [6, 6.07) is 6.02. The molecule has 0 atom stereocenters. The van der Waals surface area contributed by atoms with Crippen LogP contribution in [0.15, 0.2) is 49.1 Å². The molecule has 0 bridgehead atoms. The second-order valence-corrected chi connectivity index (χ2v) is 7.62. The predicted molar refractivity (Wildman–Crippen MR) is 127 cm³/mol. The molecule has 1 aliphatic rings. The molecule has 0 amide bonds. The third-order valence-electron chi connectivity index (χ3n) is 4.74. The molecule has 1 aliphatic heterocycles. The molecule has 0 aliphatic carbocycles. The van der Waals surface area contributed by atoms with Crippen LogP contribution in [0.1, 0.15) is 51.8 Å². The van der Waals surface area contributed by atoms with Gasteiger partial charge in [-0.3, -0.25) is 4.79 Å². The Labute approximate surface area is 182 Å². The Morgan fingerprint density at radius 2 is 2.10 bits per heavy atom. The monoisotopic (exact) mass is 423 g/mol. The van der Waals surface area contributed by atoms with Crippen molar-refractivity contribution >= 4 is 34.3 Å². The molecule has 5 nitrogen and oxygen atoms in total. The topological polar surface area (TPSA) is 75.1 Å². The van der Waals surface area contributed by atoms with Crippen LogP contribution >= 0.6 is 11.3 Å². The van der Waals surface area contributed by atoms with Crippen LogP contribution in [0.5, 0.6) is 0 Å². The minimum Gasteiger partial charge on any atom is -0.400 e. The molecule has 6 heteroatoms. The maximum Gasteiger partial charge on any atom is 0.150 e. The number of aldehydes is 1. The van der Waals surface area contributed by atoms with Gasteiger partial charge < -0.3 is 10.4 Å². The molecule has 3 rings (SSSR count). The van der Waals surface area contributed by atoms with Crippen LogP contribution in [0, 0.1) is 0 Å². The van der Waals surface area contributed by atoms with E-state index >= 15 is 0 Å². The Morgan fingerprint density at radius 3 is 2.70 bits per heavy atom. The summed E-state index contributed by atoms with van der Waals surface area (Å²) in [6.45, 7) is 9.98. The van der Waals surface area contributed by atoms with E-state index in [-0.39, 0.29) is 0 Å². The molecule has 0 radical (unpaired) electrons. The van der Waals surface area contributed by atoms with Gasteiger partial charge in [0.15, 0.2) is 6.29 Å². The average Bonchev–Trinajstić information content (AvgIpc) is 3.30. The summed E-state index contributed by atoms with van der Waals surface area (Å²) in [5.74, 6) is 0. The van der Waals surface area contributed by atoms with Gasteiger partial charge in [-0.15, -0.1) is 10.2 Å². The van der Waals surface area contributed by atoms with Gasteiger partial charge in [0, 0.05) is 24.8 Å². The van der Waals surface area contributed by atoms with Crippen LogP contribution < -0.4 is 5.32 Å². The summed E-state index contributed by atoms with van der Waals surface area (Å²) < 4.78 is 0. The first-order valence-electron chi connectivity index (χ1n) is 9.96. The van der Waals surface area contributed by atoms with Gasteiger partial charge in [0.25, 0.3) is 0 Å². The summed E-state index contributed by atoms with van der Waals surface area (Å²) in [5.41, 5.74) is 6.00. The first-order chi connectivity index (χ1) is 14.7. The van der Waals surface area contributed by atoms with Crippen LogP contribution in [-0.2, 0) is 6.42 Å². The number of nitrogens with one attached hydrogen (secondary N) is 1. The lowest BCUT2D eigenvalue weighted by Crippen LogP contribution is -2.20. The highest BCUT2D eigenvalue weighted by Gasteiger charge is 2.12. The zero-order valence-electron chi connectivity index (χ0n) is 17.8. The number of allylic oxidation sites excluding steroid dienone is 5. The van der Waals surface area contributed by atoms with E-state index in [0.29, 0.717) is 0 Å². The Morgan fingerprint density at radius 1 is 1.30 bits per heavy atom. The highest BCUT2D eigenvalue weighted by Crippen LogP contribution is 2.28. The highest BCUT2D eigenvalue weighted by atomic mass is 32.1. The molecule has 0 saturated carbocycles. The largest absolute Gasteiger partial charge is 0.400 e. The number of nitrogens with zero attached hydrogens (tertiary/aromatic N) is 2. The van der Waals surface area contributed by atoms with E-state index in [0.717, 1.165) is 77.2 Å². The standard InChI is InChI=1S/C23H25N3OS.CH4O/c1-4-17(7-6-16(3)23-26-25-22(5-2)28-23)19-8-9-20(15-27)21(14-19)18-10-12-24-13-11-18;1-2/h4,6-10,14-15,24H,3,5,11-13H2,1-2H3;2H,1H3/b7-6-,17-4+;. The molecule has 0 unspecified atom stereocenters. The number of aliphatic hydroxyl groups is 1. The fourth-order valence-corrected chi connectivity index (χ4v) is 3.86. The van der Waals surface area contributed by atoms with Crippen molar-refractivity contribution in [1.82, 2.24) is 15.5 Å². The molecule has 1 aromatic heterocycles. The zero-order valence-corrected chi connectivity index (χ0v) is 18.6. The SMILES string of the molecule is C=C(/C=C\C(=C/C)c1ccc(C=O)c(C2=CCNCC2)c1)c1nnc(CC)s1.CO. The van der Waals surface area contributed by atoms with Crippen molar-refractivity contribution in [2.24, 2.45) is 0 Å². The van der Waals surface area contributed by atoms with Gasteiger partial charge in [0.2, 0.25) is 0 Å². The molecule has 2 heterocycles. The number of aryl methyl sites for hydroxylation is 1. The lowest BCUT2D eigenvalue weighted by atomic mass is 9.92. The number of aliphatic hydroxyl groups excluding tert-OH is 1. The van der Waals surface area contributed by atoms with Crippen LogP contribution in [0.4, 0.5) is 0 Å². The van der Waals surface area contributed by atoms with Crippen LogP contribution in [0.25, 0.3) is 16.7 Å². The Kier molecular flexibility index (Phi) is 9.54. The molecule has 30 heavy (non-hydrogen) atoms. The van der Waals surface area contributed by atoms with Gasteiger partial charge in [0.05, 0.1) is 0 Å². The summed E-state index contributed by atoms with van der Waals surface area (Å²) in [7, 11) is 1.00. The number of hydrogen-bond acceptors (Lipinski definition) is 6. The normalized spacial score (nSPS) is 14.1. The number of aromatic nitrogens is 2. The molecule has 2 N–H and O–H groups in total. The smallest absolute Gasteiger partial charge is 0.150 e. The van der Waals surface area contributed by atoms with E-state index in [1.807, 2.05) is 31.2 Å². The maximum atomic E-state index is 11.5. The zero-order chi connectivity index (χ0) is 21.9. The number of carbonyl (C=O) groups is 1. The van der Waals surface area contributed by atoms with Crippen molar-refractivity contribution in [3.05, 3.63) is 75.8 Å². The first-order valence-corrected chi connectivity index (χ1v) is 10.8. The number of hydrogen-bond donors (Lipinski definition) is 2. The van der Waals surface area contributed by atoms with Crippen molar-refractivity contribution in [2.45, 2.75) is 26.7 Å². The van der Waals surface area contributed by atoms with Crippen LogP contribution in [0.3, 0.4) is 0 Å². The van der Waals surface area contributed by atoms with Gasteiger partial charge in [-0.1, -0.05) is 61.3 Å². The minimum absolute atomic E-state index is 0.738. The fraction of sp³-hybridized carbons (Fsp3) is 0.292. The van der Waals surface area contributed by atoms with E-state index in [2.05, 4.69) is 47.2 Å². The Hall–Kier alpha value is -2.67. The van der Waals surface area contributed by atoms with Crippen molar-refractivity contribution in [3.63, 3.8) is 0 Å². The molecule has 0 fully saturated rings.